The zero-order valence-corrected chi connectivity index (χ0v) is 17.0. The smallest absolute Gasteiger partial charge is 0.259 e. The molecule has 0 aliphatic heterocycles. The van der Waals surface area contributed by atoms with Crippen LogP contribution in [0.4, 0.5) is 5.95 Å². The second-order valence-electron chi connectivity index (χ2n) is 6.01. The summed E-state index contributed by atoms with van der Waals surface area (Å²) < 4.78 is 27.4. The van der Waals surface area contributed by atoms with E-state index in [9.17, 15) is 13.2 Å². The third-order valence-corrected chi connectivity index (χ3v) is 6.41. The Morgan fingerprint density at radius 3 is 2.52 bits per heavy atom. The standard InChI is InChI=1S/C17H16Cl2N4O3S/c1-22(2)27(25,26)11-5-6-13(19)12(9-11)16(24)21-17-20-14-8-10(18)4-7-15(14)23(17)3/h4-9H,1-3H3,(H,20,21,24). The van der Waals surface area contributed by atoms with Crippen LogP contribution in [0.3, 0.4) is 0 Å². The first-order valence-corrected chi connectivity index (χ1v) is 9.96. The normalized spacial score (nSPS) is 11.9. The van der Waals surface area contributed by atoms with E-state index in [4.69, 9.17) is 23.2 Å². The number of hydrogen-bond donors (Lipinski definition) is 1. The van der Waals surface area contributed by atoms with Crippen molar-refractivity contribution < 1.29 is 13.2 Å². The summed E-state index contributed by atoms with van der Waals surface area (Å²) in [6.07, 6.45) is 0. The molecular weight excluding hydrogens is 411 g/mol. The van der Waals surface area contributed by atoms with Crippen LogP contribution in [-0.2, 0) is 17.1 Å². The summed E-state index contributed by atoms with van der Waals surface area (Å²) in [6, 6.07) is 9.17. The van der Waals surface area contributed by atoms with Crippen molar-refractivity contribution in [2.24, 2.45) is 7.05 Å². The fourth-order valence-electron chi connectivity index (χ4n) is 2.50. The molecule has 0 fully saturated rings. The van der Waals surface area contributed by atoms with Crippen LogP contribution in [0.25, 0.3) is 11.0 Å². The molecule has 2 aromatic carbocycles. The van der Waals surface area contributed by atoms with Crippen LogP contribution in [-0.4, -0.2) is 42.3 Å². The van der Waals surface area contributed by atoms with Gasteiger partial charge in [0.25, 0.3) is 5.91 Å². The van der Waals surface area contributed by atoms with E-state index >= 15 is 0 Å². The maximum atomic E-state index is 12.7. The molecule has 1 amide bonds. The quantitative estimate of drug-likeness (QED) is 0.692. The van der Waals surface area contributed by atoms with Crippen molar-refractivity contribution in [3.05, 3.63) is 52.0 Å². The Labute approximate surface area is 166 Å². The van der Waals surface area contributed by atoms with Crippen molar-refractivity contribution in [2.45, 2.75) is 4.90 Å². The van der Waals surface area contributed by atoms with Crippen molar-refractivity contribution in [2.75, 3.05) is 19.4 Å². The Kier molecular flexibility index (Phi) is 5.18. The van der Waals surface area contributed by atoms with Crippen molar-refractivity contribution in [1.29, 1.82) is 0 Å². The number of anilines is 1. The van der Waals surface area contributed by atoms with Gasteiger partial charge in [-0.3, -0.25) is 10.1 Å². The number of nitrogens with one attached hydrogen (secondary N) is 1. The van der Waals surface area contributed by atoms with Crippen LogP contribution < -0.4 is 5.32 Å². The van der Waals surface area contributed by atoms with Gasteiger partial charge in [0.05, 0.1) is 26.5 Å². The molecule has 10 heteroatoms. The minimum absolute atomic E-state index is 0.0289. The number of rotatable bonds is 4. The van der Waals surface area contributed by atoms with Crippen LogP contribution in [0, 0.1) is 0 Å². The van der Waals surface area contributed by atoms with E-state index in [-0.39, 0.29) is 21.4 Å². The molecule has 1 N–H and O–H groups in total. The average molecular weight is 427 g/mol. The molecule has 27 heavy (non-hydrogen) atoms. The van der Waals surface area contributed by atoms with Gasteiger partial charge in [-0.2, -0.15) is 0 Å². The highest BCUT2D eigenvalue weighted by atomic mass is 35.5. The van der Waals surface area contributed by atoms with Crippen molar-refractivity contribution in [3.63, 3.8) is 0 Å². The SMILES string of the molecule is CN(C)S(=O)(=O)c1ccc(Cl)c(C(=O)Nc2nc3cc(Cl)ccc3n2C)c1. The molecule has 3 rings (SSSR count). The number of aryl methyl sites for hydroxylation is 1. The lowest BCUT2D eigenvalue weighted by molar-refractivity contribution is 0.102. The highest BCUT2D eigenvalue weighted by Crippen LogP contribution is 2.25. The Hall–Kier alpha value is -2.13. The van der Waals surface area contributed by atoms with E-state index < -0.39 is 15.9 Å². The third-order valence-electron chi connectivity index (χ3n) is 4.03. The van der Waals surface area contributed by atoms with E-state index in [1.165, 1.54) is 32.3 Å². The number of carbonyl (C=O) groups excluding carboxylic acids is 1. The molecule has 0 unspecified atom stereocenters. The molecule has 0 saturated carbocycles. The van der Waals surface area contributed by atoms with Crippen molar-refractivity contribution >= 4 is 56.1 Å². The molecule has 0 aliphatic carbocycles. The van der Waals surface area contributed by atoms with E-state index in [1.807, 2.05) is 0 Å². The zero-order valence-electron chi connectivity index (χ0n) is 14.7. The largest absolute Gasteiger partial charge is 0.313 e. The van der Waals surface area contributed by atoms with E-state index in [1.54, 1.807) is 29.8 Å². The highest BCUT2D eigenvalue weighted by Gasteiger charge is 2.21. The summed E-state index contributed by atoms with van der Waals surface area (Å²) in [4.78, 5) is 17.0. The number of benzene rings is 2. The second kappa shape index (κ2) is 7.12. The van der Waals surface area contributed by atoms with E-state index in [2.05, 4.69) is 10.3 Å². The number of nitrogens with zero attached hydrogens (tertiary/aromatic N) is 3. The molecule has 0 spiro atoms. The molecule has 0 saturated heterocycles. The summed E-state index contributed by atoms with van der Waals surface area (Å²) in [5.74, 6) is -0.283. The predicted octanol–water partition coefficient (Wildman–Crippen LogP) is 3.38. The topological polar surface area (TPSA) is 84.3 Å². The van der Waals surface area contributed by atoms with Crippen LogP contribution >= 0.6 is 23.2 Å². The molecule has 1 heterocycles. The van der Waals surface area contributed by atoms with Gasteiger partial charge in [0.2, 0.25) is 16.0 Å². The lowest BCUT2D eigenvalue weighted by Gasteiger charge is -2.13. The van der Waals surface area contributed by atoms with E-state index in [0.29, 0.717) is 10.5 Å². The van der Waals surface area contributed by atoms with Gasteiger partial charge in [0.1, 0.15) is 0 Å². The Morgan fingerprint density at radius 1 is 1.15 bits per heavy atom. The van der Waals surface area contributed by atoms with Gasteiger partial charge < -0.3 is 4.57 Å². The molecule has 0 radical (unpaired) electrons. The summed E-state index contributed by atoms with van der Waals surface area (Å²) in [5, 5.41) is 3.32. The van der Waals surface area contributed by atoms with Gasteiger partial charge in [-0.1, -0.05) is 23.2 Å². The first-order valence-electron chi connectivity index (χ1n) is 7.76. The van der Waals surface area contributed by atoms with Crippen molar-refractivity contribution in [3.8, 4) is 0 Å². The number of hydrogen-bond acceptors (Lipinski definition) is 4. The van der Waals surface area contributed by atoms with Crippen LogP contribution in [0.5, 0.6) is 0 Å². The van der Waals surface area contributed by atoms with Crippen LogP contribution in [0.2, 0.25) is 10.0 Å². The Morgan fingerprint density at radius 2 is 1.85 bits per heavy atom. The number of fused-ring (bicyclic) bond motifs is 1. The lowest BCUT2D eigenvalue weighted by Crippen LogP contribution is -2.23. The second-order valence-corrected chi connectivity index (χ2v) is 9.01. The van der Waals surface area contributed by atoms with Crippen molar-refractivity contribution in [1.82, 2.24) is 13.9 Å². The molecule has 1 aromatic heterocycles. The molecule has 0 aliphatic rings. The lowest BCUT2D eigenvalue weighted by atomic mass is 10.2. The molecule has 142 valence electrons. The van der Waals surface area contributed by atoms with Gasteiger partial charge in [-0.25, -0.2) is 17.7 Å². The van der Waals surface area contributed by atoms with E-state index in [0.717, 1.165) is 9.82 Å². The first kappa shape index (κ1) is 19.6. The summed E-state index contributed by atoms with van der Waals surface area (Å²) in [7, 11) is 0.869. The number of sulfonamides is 1. The fraction of sp³-hybridized carbons (Fsp3) is 0.176. The summed E-state index contributed by atoms with van der Waals surface area (Å²) >= 11 is 12.1. The Balaban J connectivity index is 1.99. The van der Waals surface area contributed by atoms with Gasteiger partial charge in [0, 0.05) is 26.2 Å². The average Bonchev–Trinajstić information content (AvgIpc) is 2.89. The van der Waals surface area contributed by atoms with Gasteiger partial charge in [-0.05, 0) is 36.4 Å². The number of carbonyl (C=O) groups is 1. The van der Waals surface area contributed by atoms with Gasteiger partial charge in [0.15, 0.2) is 0 Å². The van der Waals surface area contributed by atoms with Crippen LogP contribution in [0.1, 0.15) is 10.4 Å². The summed E-state index contributed by atoms with van der Waals surface area (Å²) in [5.41, 5.74) is 1.43. The van der Waals surface area contributed by atoms with Gasteiger partial charge >= 0.3 is 0 Å². The molecular formula is C17H16Cl2N4O3S. The maximum Gasteiger partial charge on any atom is 0.259 e. The molecule has 7 nitrogen and oxygen atoms in total. The fourth-order valence-corrected chi connectivity index (χ4v) is 3.80. The minimum atomic E-state index is -3.70. The predicted molar refractivity (Wildman–Crippen MR) is 106 cm³/mol. The zero-order chi connectivity index (χ0) is 19.9. The van der Waals surface area contributed by atoms with Crippen LogP contribution in [0.15, 0.2) is 41.3 Å². The Bertz CT molecular complexity index is 1160. The third kappa shape index (κ3) is 3.66. The number of amides is 1. The monoisotopic (exact) mass is 426 g/mol. The number of aromatic nitrogens is 2. The molecule has 0 bridgehead atoms. The maximum absolute atomic E-state index is 12.7. The number of halogens is 2. The highest BCUT2D eigenvalue weighted by molar-refractivity contribution is 7.89. The molecule has 0 atom stereocenters. The minimum Gasteiger partial charge on any atom is -0.313 e. The van der Waals surface area contributed by atoms with Gasteiger partial charge in [-0.15, -0.1) is 0 Å². The summed E-state index contributed by atoms with van der Waals surface area (Å²) in [6.45, 7) is 0. The first-order chi connectivity index (χ1) is 12.6. The molecule has 3 aromatic rings. The number of imidazole rings is 1.